The molecule has 1 aromatic heterocycles. The van der Waals surface area contributed by atoms with Gasteiger partial charge in [0.15, 0.2) is 0 Å². The largest absolute Gasteiger partial charge is 0.280 e. The number of carbonyl (C=O) groups is 2. The summed E-state index contributed by atoms with van der Waals surface area (Å²) in [7, 11) is -3.49. The van der Waals surface area contributed by atoms with Crippen LogP contribution in [0.2, 0.25) is 0 Å². The van der Waals surface area contributed by atoms with Crippen LogP contribution in [0.3, 0.4) is 0 Å². The van der Waals surface area contributed by atoms with Crippen LogP contribution in [0.5, 0.6) is 0 Å². The van der Waals surface area contributed by atoms with Gasteiger partial charge >= 0.3 is 0 Å². The molecular weight excluding hydrogens is 342 g/mol. The Kier molecular flexibility index (Phi) is 4.91. The highest BCUT2D eigenvalue weighted by Gasteiger charge is 2.36. The van der Waals surface area contributed by atoms with E-state index in [9.17, 15) is 18.0 Å². The average molecular weight is 359 g/mol. The fourth-order valence-corrected chi connectivity index (χ4v) is 3.65. The first-order valence-electron chi connectivity index (χ1n) is 7.80. The van der Waals surface area contributed by atoms with Gasteiger partial charge < -0.3 is 0 Å². The quantitative estimate of drug-likeness (QED) is 0.739. The van der Waals surface area contributed by atoms with Gasteiger partial charge in [0.2, 0.25) is 10.0 Å². The third kappa shape index (κ3) is 3.92. The smallest absolute Gasteiger partial charge is 0.272 e. The molecule has 7 nitrogen and oxygen atoms in total. The van der Waals surface area contributed by atoms with E-state index < -0.39 is 21.8 Å². The van der Waals surface area contributed by atoms with Gasteiger partial charge in [-0.25, -0.2) is 13.1 Å². The first kappa shape index (κ1) is 17.2. The van der Waals surface area contributed by atoms with E-state index in [0.717, 1.165) is 10.5 Å². The molecule has 0 atom stereocenters. The van der Waals surface area contributed by atoms with Gasteiger partial charge in [-0.1, -0.05) is 30.3 Å². The summed E-state index contributed by atoms with van der Waals surface area (Å²) in [5.41, 5.74) is 1.29. The van der Waals surface area contributed by atoms with Crippen molar-refractivity contribution in [3.8, 4) is 0 Å². The van der Waals surface area contributed by atoms with Crippen LogP contribution in [-0.4, -0.2) is 49.0 Å². The van der Waals surface area contributed by atoms with Crippen molar-refractivity contribution in [2.45, 2.75) is 6.42 Å². The van der Waals surface area contributed by atoms with Crippen LogP contribution < -0.4 is 4.72 Å². The second-order valence-corrected chi connectivity index (χ2v) is 7.54. The molecule has 0 bridgehead atoms. The molecular formula is C17H17N3O4S. The van der Waals surface area contributed by atoms with Gasteiger partial charge in [0.05, 0.1) is 11.3 Å². The molecule has 1 aromatic carbocycles. The van der Waals surface area contributed by atoms with Crippen molar-refractivity contribution in [1.29, 1.82) is 0 Å². The number of benzene rings is 1. The van der Waals surface area contributed by atoms with Crippen molar-refractivity contribution in [1.82, 2.24) is 14.6 Å². The SMILES string of the molecule is O=C1c2cccnc2C(=O)N1CCNS(=O)(=O)CCc1ccccc1. The van der Waals surface area contributed by atoms with E-state index in [4.69, 9.17) is 0 Å². The molecule has 2 heterocycles. The zero-order chi connectivity index (χ0) is 17.9. The minimum atomic E-state index is -3.49. The van der Waals surface area contributed by atoms with Gasteiger partial charge in [-0.3, -0.25) is 19.5 Å². The first-order valence-corrected chi connectivity index (χ1v) is 9.46. The maximum absolute atomic E-state index is 12.2. The lowest BCUT2D eigenvalue weighted by atomic mass is 10.2. The Labute approximate surface area is 145 Å². The van der Waals surface area contributed by atoms with Crippen molar-refractivity contribution in [3.05, 3.63) is 65.5 Å². The lowest BCUT2D eigenvalue weighted by Gasteiger charge is -2.14. The Bertz CT molecular complexity index is 862. The molecule has 25 heavy (non-hydrogen) atoms. The number of rotatable bonds is 7. The van der Waals surface area contributed by atoms with Crippen LogP contribution in [0.15, 0.2) is 48.7 Å². The number of fused-ring (bicyclic) bond motifs is 1. The number of aromatic nitrogens is 1. The van der Waals surface area contributed by atoms with Gasteiger partial charge in [-0.2, -0.15) is 0 Å². The van der Waals surface area contributed by atoms with Crippen LogP contribution in [0.4, 0.5) is 0 Å². The minimum absolute atomic E-state index is 0.0252. The molecule has 0 saturated heterocycles. The van der Waals surface area contributed by atoms with Gasteiger partial charge in [0, 0.05) is 19.3 Å². The molecule has 2 aromatic rings. The summed E-state index contributed by atoms with van der Waals surface area (Å²) in [6, 6.07) is 12.4. The number of hydrogen-bond donors (Lipinski definition) is 1. The molecule has 2 amide bonds. The zero-order valence-corrected chi connectivity index (χ0v) is 14.2. The maximum atomic E-state index is 12.2. The summed E-state index contributed by atoms with van der Waals surface area (Å²) in [4.78, 5) is 29.2. The summed E-state index contributed by atoms with van der Waals surface area (Å²) in [5.74, 6) is -0.999. The van der Waals surface area contributed by atoms with E-state index in [1.165, 1.54) is 12.3 Å². The summed E-state index contributed by atoms with van der Waals surface area (Å²) in [6.45, 7) is -0.0544. The molecule has 0 radical (unpaired) electrons. The van der Waals surface area contributed by atoms with Crippen LogP contribution in [-0.2, 0) is 16.4 Å². The van der Waals surface area contributed by atoms with E-state index in [1.54, 1.807) is 6.07 Å². The Balaban J connectivity index is 1.53. The molecule has 0 spiro atoms. The average Bonchev–Trinajstić information content (AvgIpc) is 2.86. The summed E-state index contributed by atoms with van der Waals surface area (Å²) in [5, 5.41) is 0. The molecule has 0 fully saturated rings. The van der Waals surface area contributed by atoms with Crippen molar-refractivity contribution in [2.75, 3.05) is 18.8 Å². The molecule has 130 valence electrons. The summed E-state index contributed by atoms with van der Waals surface area (Å²) >= 11 is 0. The molecule has 0 aliphatic carbocycles. The number of hydrogen-bond acceptors (Lipinski definition) is 5. The lowest BCUT2D eigenvalue weighted by molar-refractivity contribution is 0.0655. The van der Waals surface area contributed by atoms with Crippen molar-refractivity contribution < 1.29 is 18.0 Å². The molecule has 8 heteroatoms. The molecule has 3 rings (SSSR count). The highest BCUT2D eigenvalue weighted by atomic mass is 32.2. The number of nitrogens with one attached hydrogen (secondary N) is 1. The Hall–Kier alpha value is -2.58. The number of aryl methyl sites for hydroxylation is 1. The maximum Gasteiger partial charge on any atom is 0.280 e. The fourth-order valence-electron chi connectivity index (χ4n) is 2.60. The molecule has 0 unspecified atom stereocenters. The lowest BCUT2D eigenvalue weighted by Crippen LogP contribution is -2.39. The second kappa shape index (κ2) is 7.12. The summed E-state index contributed by atoms with van der Waals surface area (Å²) < 4.78 is 26.5. The van der Waals surface area contributed by atoms with Crippen LogP contribution in [0.1, 0.15) is 26.4 Å². The number of nitrogens with zero attached hydrogens (tertiary/aromatic N) is 2. The van der Waals surface area contributed by atoms with E-state index in [-0.39, 0.29) is 30.1 Å². The third-order valence-electron chi connectivity index (χ3n) is 3.89. The predicted molar refractivity (Wildman–Crippen MR) is 91.5 cm³/mol. The number of imide groups is 1. The van der Waals surface area contributed by atoms with Crippen LogP contribution >= 0.6 is 0 Å². The van der Waals surface area contributed by atoms with Crippen molar-refractivity contribution in [2.24, 2.45) is 0 Å². The van der Waals surface area contributed by atoms with E-state index in [2.05, 4.69) is 9.71 Å². The summed E-state index contributed by atoms with van der Waals surface area (Å²) in [6.07, 6.45) is 1.84. The van der Waals surface area contributed by atoms with Crippen molar-refractivity contribution >= 4 is 21.8 Å². The van der Waals surface area contributed by atoms with E-state index in [0.29, 0.717) is 6.42 Å². The van der Waals surface area contributed by atoms with Gasteiger partial charge in [-0.05, 0) is 24.1 Å². The normalized spacial score (nSPS) is 14.0. The minimum Gasteiger partial charge on any atom is -0.272 e. The predicted octanol–water partition coefficient (Wildman–Crippen LogP) is 0.840. The zero-order valence-electron chi connectivity index (χ0n) is 13.4. The monoisotopic (exact) mass is 359 g/mol. The number of sulfonamides is 1. The Morgan fingerprint density at radius 1 is 1.00 bits per heavy atom. The van der Waals surface area contributed by atoms with Gasteiger partial charge in [0.1, 0.15) is 5.69 Å². The van der Waals surface area contributed by atoms with Gasteiger partial charge in [0.25, 0.3) is 11.8 Å². The number of amides is 2. The fraction of sp³-hybridized carbons (Fsp3) is 0.235. The number of carbonyl (C=O) groups excluding carboxylic acids is 2. The second-order valence-electron chi connectivity index (χ2n) is 5.61. The topological polar surface area (TPSA) is 96.4 Å². The Morgan fingerprint density at radius 3 is 2.48 bits per heavy atom. The highest BCUT2D eigenvalue weighted by molar-refractivity contribution is 7.89. The molecule has 1 N–H and O–H groups in total. The molecule has 1 aliphatic heterocycles. The van der Waals surface area contributed by atoms with E-state index in [1.807, 2.05) is 30.3 Å². The van der Waals surface area contributed by atoms with Crippen LogP contribution in [0, 0.1) is 0 Å². The van der Waals surface area contributed by atoms with Crippen molar-refractivity contribution in [3.63, 3.8) is 0 Å². The Morgan fingerprint density at radius 2 is 1.76 bits per heavy atom. The highest BCUT2D eigenvalue weighted by Crippen LogP contribution is 2.19. The standard InChI is InChI=1S/C17H17N3O4S/c21-16-14-7-4-9-18-15(14)17(22)20(16)11-10-19-25(23,24)12-8-13-5-2-1-3-6-13/h1-7,9,19H,8,10-12H2. The first-order chi connectivity index (χ1) is 12.0. The van der Waals surface area contributed by atoms with Crippen LogP contribution in [0.25, 0.3) is 0 Å². The molecule has 0 saturated carbocycles. The third-order valence-corrected chi connectivity index (χ3v) is 5.28. The molecule has 1 aliphatic rings. The van der Waals surface area contributed by atoms with E-state index >= 15 is 0 Å². The van der Waals surface area contributed by atoms with Gasteiger partial charge in [-0.15, -0.1) is 0 Å². The number of pyridine rings is 1.